The van der Waals surface area contributed by atoms with Gasteiger partial charge in [0, 0.05) is 11.8 Å². The van der Waals surface area contributed by atoms with Crippen molar-refractivity contribution in [3.63, 3.8) is 0 Å². The molecule has 1 aromatic rings. The first-order chi connectivity index (χ1) is 9.55. The quantitative estimate of drug-likeness (QED) is 0.873. The largest absolute Gasteiger partial charge is 0.497 e. The van der Waals surface area contributed by atoms with E-state index in [-0.39, 0.29) is 17.5 Å². The van der Waals surface area contributed by atoms with E-state index in [1.54, 1.807) is 14.0 Å². The van der Waals surface area contributed by atoms with Gasteiger partial charge in [-0.15, -0.1) is 0 Å². The molecule has 0 aliphatic carbocycles. The van der Waals surface area contributed by atoms with Gasteiger partial charge in [-0.3, -0.25) is 0 Å². The Balaban J connectivity index is 2.04. The van der Waals surface area contributed by atoms with E-state index in [1.807, 2.05) is 6.07 Å². The summed E-state index contributed by atoms with van der Waals surface area (Å²) in [5.41, 5.74) is 2.59. The van der Waals surface area contributed by atoms with Crippen molar-refractivity contribution in [1.29, 1.82) is 0 Å². The van der Waals surface area contributed by atoms with Crippen LogP contribution in [0.5, 0.6) is 5.75 Å². The molecule has 2 rings (SSSR count). The zero-order valence-corrected chi connectivity index (χ0v) is 13.0. The SMILES string of the molecule is CCS(=O)(=O)CCCC1NCCc2ccc(OC)cc21. The fraction of sp³-hybridized carbons (Fsp3) is 0.600. The molecule has 112 valence electrons. The van der Waals surface area contributed by atoms with E-state index in [2.05, 4.69) is 17.4 Å². The number of ether oxygens (including phenoxy) is 1. The molecule has 0 aromatic heterocycles. The molecule has 5 heteroatoms. The van der Waals surface area contributed by atoms with Crippen LogP contribution in [0.15, 0.2) is 18.2 Å². The van der Waals surface area contributed by atoms with Crippen LogP contribution in [0.1, 0.15) is 36.9 Å². The van der Waals surface area contributed by atoms with Crippen LogP contribution in [0.25, 0.3) is 0 Å². The predicted octanol–water partition coefficient (Wildman–Crippen LogP) is 2.10. The molecule has 1 N–H and O–H groups in total. The number of sulfone groups is 1. The van der Waals surface area contributed by atoms with Crippen LogP contribution in [0.2, 0.25) is 0 Å². The average Bonchev–Trinajstić information content (AvgIpc) is 2.47. The maximum atomic E-state index is 11.5. The smallest absolute Gasteiger partial charge is 0.150 e. The van der Waals surface area contributed by atoms with Gasteiger partial charge in [-0.1, -0.05) is 13.0 Å². The van der Waals surface area contributed by atoms with Crippen molar-refractivity contribution in [1.82, 2.24) is 5.32 Å². The molecule has 1 aromatic carbocycles. The van der Waals surface area contributed by atoms with Gasteiger partial charge in [-0.05, 0) is 49.1 Å². The first kappa shape index (κ1) is 15.3. The molecule has 1 aliphatic heterocycles. The van der Waals surface area contributed by atoms with E-state index in [0.29, 0.717) is 6.42 Å². The van der Waals surface area contributed by atoms with Gasteiger partial charge < -0.3 is 10.1 Å². The number of fused-ring (bicyclic) bond motifs is 1. The highest BCUT2D eigenvalue weighted by Crippen LogP contribution is 2.29. The van der Waals surface area contributed by atoms with Gasteiger partial charge in [0.05, 0.1) is 12.9 Å². The molecular weight excluding hydrogens is 274 g/mol. The summed E-state index contributed by atoms with van der Waals surface area (Å²) in [5.74, 6) is 1.37. The summed E-state index contributed by atoms with van der Waals surface area (Å²) in [6.45, 7) is 2.65. The summed E-state index contributed by atoms with van der Waals surface area (Å²) >= 11 is 0. The molecule has 0 radical (unpaired) electrons. The topological polar surface area (TPSA) is 55.4 Å². The lowest BCUT2D eigenvalue weighted by atomic mass is 9.91. The van der Waals surface area contributed by atoms with Crippen LogP contribution in [0, 0.1) is 0 Å². The Morgan fingerprint density at radius 3 is 2.90 bits per heavy atom. The van der Waals surface area contributed by atoms with E-state index >= 15 is 0 Å². The number of rotatable bonds is 6. The van der Waals surface area contributed by atoms with E-state index in [1.165, 1.54) is 11.1 Å². The summed E-state index contributed by atoms with van der Waals surface area (Å²) in [6, 6.07) is 6.41. The summed E-state index contributed by atoms with van der Waals surface area (Å²) in [4.78, 5) is 0. The van der Waals surface area contributed by atoms with Crippen LogP contribution >= 0.6 is 0 Å². The van der Waals surface area contributed by atoms with Crippen LogP contribution in [0.3, 0.4) is 0 Å². The minimum Gasteiger partial charge on any atom is -0.497 e. The van der Waals surface area contributed by atoms with E-state index in [9.17, 15) is 8.42 Å². The third kappa shape index (κ3) is 3.73. The van der Waals surface area contributed by atoms with Crippen molar-refractivity contribution in [3.8, 4) is 5.75 Å². The van der Waals surface area contributed by atoms with E-state index in [4.69, 9.17) is 4.74 Å². The summed E-state index contributed by atoms with van der Waals surface area (Å²) < 4.78 is 28.4. The second-order valence-electron chi connectivity index (χ2n) is 5.20. The lowest BCUT2D eigenvalue weighted by Crippen LogP contribution is -2.30. The van der Waals surface area contributed by atoms with Crippen molar-refractivity contribution >= 4 is 9.84 Å². The average molecular weight is 297 g/mol. The van der Waals surface area contributed by atoms with Gasteiger partial charge in [-0.2, -0.15) is 0 Å². The molecule has 0 saturated carbocycles. The van der Waals surface area contributed by atoms with Gasteiger partial charge >= 0.3 is 0 Å². The predicted molar refractivity (Wildman–Crippen MR) is 81.0 cm³/mol. The fourth-order valence-electron chi connectivity index (χ4n) is 2.65. The van der Waals surface area contributed by atoms with Gasteiger partial charge in [0.25, 0.3) is 0 Å². The van der Waals surface area contributed by atoms with Gasteiger partial charge in [0.1, 0.15) is 15.6 Å². The number of nitrogens with one attached hydrogen (secondary N) is 1. The van der Waals surface area contributed by atoms with Crippen LogP contribution in [0.4, 0.5) is 0 Å². The highest BCUT2D eigenvalue weighted by atomic mass is 32.2. The Kier molecular flexibility index (Phi) is 5.05. The lowest BCUT2D eigenvalue weighted by molar-refractivity contribution is 0.409. The Morgan fingerprint density at radius 2 is 2.20 bits per heavy atom. The molecule has 0 amide bonds. The molecule has 0 spiro atoms. The molecule has 1 atom stereocenters. The molecule has 1 aliphatic rings. The van der Waals surface area contributed by atoms with Crippen molar-refractivity contribution in [3.05, 3.63) is 29.3 Å². The lowest BCUT2D eigenvalue weighted by Gasteiger charge is -2.27. The Bertz CT molecular complexity index is 554. The minimum absolute atomic E-state index is 0.232. The van der Waals surface area contributed by atoms with Crippen molar-refractivity contribution in [2.24, 2.45) is 0 Å². The van der Waals surface area contributed by atoms with Crippen molar-refractivity contribution in [2.75, 3.05) is 25.2 Å². The zero-order chi connectivity index (χ0) is 14.6. The number of benzene rings is 1. The van der Waals surface area contributed by atoms with Crippen LogP contribution < -0.4 is 10.1 Å². The van der Waals surface area contributed by atoms with Gasteiger partial charge in [0.2, 0.25) is 0 Å². The summed E-state index contributed by atoms with van der Waals surface area (Å²) in [5, 5.41) is 3.48. The molecular formula is C15H23NO3S. The third-order valence-corrected chi connectivity index (χ3v) is 5.69. The Morgan fingerprint density at radius 1 is 1.40 bits per heavy atom. The molecule has 4 nitrogen and oxygen atoms in total. The maximum Gasteiger partial charge on any atom is 0.150 e. The van der Waals surface area contributed by atoms with E-state index < -0.39 is 9.84 Å². The minimum atomic E-state index is -2.86. The first-order valence-corrected chi connectivity index (χ1v) is 8.98. The number of methoxy groups -OCH3 is 1. The number of hydrogen-bond acceptors (Lipinski definition) is 4. The first-order valence-electron chi connectivity index (χ1n) is 7.16. The van der Waals surface area contributed by atoms with Crippen LogP contribution in [-0.4, -0.2) is 33.6 Å². The van der Waals surface area contributed by atoms with E-state index in [0.717, 1.165) is 25.1 Å². The normalized spacial score (nSPS) is 18.6. The summed E-state index contributed by atoms with van der Waals surface area (Å²) in [7, 11) is -1.20. The second-order valence-corrected chi connectivity index (χ2v) is 7.67. The monoisotopic (exact) mass is 297 g/mol. The molecule has 1 heterocycles. The third-order valence-electron chi connectivity index (χ3n) is 3.90. The molecule has 0 bridgehead atoms. The highest BCUT2D eigenvalue weighted by Gasteiger charge is 2.20. The van der Waals surface area contributed by atoms with Crippen molar-refractivity contribution in [2.45, 2.75) is 32.2 Å². The Labute approximate surface area is 121 Å². The van der Waals surface area contributed by atoms with Crippen molar-refractivity contribution < 1.29 is 13.2 Å². The molecule has 20 heavy (non-hydrogen) atoms. The maximum absolute atomic E-state index is 11.5. The van der Waals surface area contributed by atoms with Gasteiger partial charge in [0.15, 0.2) is 0 Å². The molecule has 0 saturated heterocycles. The summed E-state index contributed by atoms with van der Waals surface area (Å²) in [6.07, 6.45) is 2.56. The Hall–Kier alpha value is -1.07. The second kappa shape index (κ2) is 6.59. The molecule has 0 fully saturated rings. The highest BCUT2D eigenvalue weighted by molar-refractivity contribution is 7.91. The van der Waals surface area contributed by atoms with Crippen LogP contribution in [-0.2, 0) is 16.3 Å². The van der Waals surface area contributed by atoms with Gasteiger partial charge in [-0.25, -0.2) is 8.42 Å². The molecule has 1 unspecified atom stereocenters. The number of hydrogen-bond donors (Lipinski definition) is 1. The fourth-order valence-corrected chi connectivity index (χ4v) is 3.55. The standard InChI is InChI=1S/C15H23NO3S/c1-3-20(17,18)10-4-5-15-14-11-13(19-2)7-6-12(14)8-9-16-15/h6-7,11,15-16H,3-5,8-10H2,1-2H3. The zero-order valence-electron chi connectivity index (χ0n) is 12.2.